The summed E-state index contributed by atoms with van der Waals surface area (Å²) in [4.78, 5) is 24.6. The van der Waals surface area contributed by atoms with E-state index in [1.54, 1.807) is 17.9 Å². The Balaban J connectivity index is 1.65. The van der Waals surface area contributed by atoms with Gasteiger partial charge in [-0.05, 0) is 37.6 Å². The van der Waals surface area contributed by atoms with Crippen molar-refractivity contribution in [3.63, 3.8) is 0 Å². The van der Waals surface area contributed by atoms with Crippen LogP contribution in [0.1, 0.15) is 19.1 Å². The molecule has 1 unspecified atom stereocenters. The molecule has 1 atom stereocenters. The lowest BCUT2D eigenvalue weighted by Crippen LogP contribution is -2.37. The van der Waals surface area contributed by atoms with Crippen LogP contribution < -0.4 is 11.0 Å². The Morgan fingerprint density at radius 3 is 2.67 bits per heavy atom. The van der Waals surface area contributed by atoms with E-state index in [0.29, 0.717) is 0 Å². The van der Waals surface area contributed by atoms with Crippen molar-refractivity contribution >= 4 is 16.9 Å². The Morgan fingerprint density at radius 2 is 1.96 bits per heavy atom. The maximum atomic E-state index is 12.3. The summed E-state index contributed by atoms with van der Waals surface area (Å²) >= 11 is 0. The van der Waals surface area contributed by atoms with E-state index in [9.17, 15) is 9.59 Å². The topological polar surface area (TPSA) is 69.2 Å². The molecule has 0 aliphatic carbocycles. The maximum Gasteiger partial charge on any atom is 0.329 e. The standard InChI is InChI=1S/C18H21N3O3/c1-13(9-10-14-6-5-11-24-14)19-17(22)12-21-16-8-4-3-7-15(16)20(2)18(21)23/h3-8,11,13H,9-10,12H2,1-2H3,(H,19,22). The molecule has 0 spiro atoms. The second kappa shape index (κ2) is 6.78. The third-order valence-corrected chi connectivity index (χ3v) is 4.16. The molecule has 6 heteroatoms. The first-order valence-electron chi connectivity index (χ1n) is 8.02. The molecule has 0 fully saturated rings. The molecule has 2 heterocycles. The third-order valence-electron chi connectivity index (χ3n) is 4.16. The van der Waals surface area contributed by atoms with Crippen LogP contribution in [0.25, 0.3) is 11.0 Å². The molecule has 0 bridgehead atoms. The number of para-hydroxylation sites is 2. The summed E-state index contributed by atoms with van der Waals surface area (Å²) in [5.41, 5.74) is 1.40. The number of fused-ring (bicyclic) bond motifs is 1. The zero-order chi connectivity index (χ0) is 17.1. The van der Waals surface area contributed by atoms with Gasteiger partial charge in [-0.15, -0.1) is 0 Å². The first-order valence-corrected chi connectivity index (χ1v) is 8.02. The van der Waals surface area contributed by atoms with Gasteiger partial charge in [0.2, 0.25) is 5.91 Å². The van der Waals surface area contributed by atoms with Crippen molar-refractivity contribution in [1.29, 1.82) is 0 Å². The second-order valence-corrected chi connectivity index (χ2v) is 6.00. The molecule has 24 heavy (non-hydrogen) atoms. The van der Waals surface area contributed by atoms with Crippen molar-refractivity contribution < 1.29 is 9.21 Å². The number of furan rings is 1. The molecular weight excluding hydrogens is 306 g/mol. The average molecular weight is 327 g/mol. The van der Waals surface area contributed by atoms with Gasteiger partial charge in [-0.25, -0.2) is 4.79 Å². The molecule has 3 rings (SSSR count). The summed E-state index contributed by atoms with van der Waals surface area (Å²) in [6, 6.07) is 11.2. The number of amides is 1. The Morgan fingerprint density at radius 1 is 1.21 bits per heavy atom. The van der Waals surface area contributed by atoms with Crippen LogP contribution in [0.2, 0.25) is 0 Å². The largest absolute Gasteiger partial charge is 0.469 e. The van der Waals surface area contributed by atoms with Crippen molar-refractivity contribution in [2.45, 2.75) is 32.4 Å². The van der Waals surface area contributed by atoms with Crippen molar-refractivity contribution in [2.75, 3.05) is 0 Å². The van der Waals surface area contributed by atoms with E-state index in [-0.39, 0.29) is 24.2 Å². The quantitative estimate of drug-likeness (QED) is 0.753. The lowest BCUT2D eigenvalue weighted by molar-refractivity contribution is -0.122. The summed E-state index contributed by atoms with van der Waals surface area (Å²) in [5.74, 6) is 0.738. The van der Waals surface area contributed by atoms with Crippen LogP contribution in [-0.4, -0.2) is 21.1 Å². The maximum absolute atomic E-state index is 12.3. The predicted molar refractivity (Wildman–Crippen MR) is 91.8 cm³/mol. The summed E-state index contributed by atoms with van der Waals surface area (Å²) in [6.45, 7) is 1.97. The minimum atomic E-state index is -0.186. The van der Waals surface area contributed by atoms with E-state index >= 15 is 0 Å². The highest BCUT2D eigenvalue weighted by Gasteiger charge is 2.14. The highest BCUT2D eigenvalue weighted by molar-refractivity contribution is 5.81. The summed E-state index contributed by atoms with van der Waals surface area (Å²) in [5, 5.41) is 2.94. The number of hydrogen-bond acceptors (Lipinski definition) is 3. The van der Waals surface area contributed by atoms with Crippen LogP contribution in [-0.2, 0) is 24.8 Å². The summed E-state index contributed by atoms with van der Waals surface area (Å²) in [6.07, 6.45) is 3.19. The van der Waals surface area contributed by atoms with Gasteiger partial charge in [0.05, 0.1) is 17.3 Å². The molecule has 0 radical (unpaired) electrons. The molecule has 0 saturated carbocycles. The molecule has 3 aromatic rings. The molecule has 1 N–H and O–H groups in total. The van der Waals surface area contributed by atoms with Crippen molar-refractivity contribution in [1.82, 2.24) is 14.5 Å². The Kier molecular flexibility index (Phi) is 4.55. The first kappa shape index (κ1) is 16.1. The minimum absolute atomic E-state index is 0.00767. The number of nitrogens with one attached hydrogen (secondary N) is 1. The number of carbonyl (C=O) groups is 1. The van der Waals surface area contributed by atoms with Crippen molar-refractivity contribution in [2.24, 2.45) is 7.05 Å². The molecular formula is C18H21N3O3. The van der Waals surface area contributed by atoms with Crippen LogP contribution in [0.15, 0.2) is 51.9 Å². The van der Waals surface area contributed by atoms with Crippen LogP contribution in [0, 0.1) is 0 Å². The molecule has 0 saturated heterocycles. The number of aryl methyl sites for hydroxylation is 2. The first-order chi connectivity index (χ1) is 11.6. The fourth-order valence-corrected chi connectivity index (χ4v) is 2.87. The van der Waals surface area contributed by atoms with E-state index < -0.39 is 0 Å². The van der Waals surface area contributed by atoms with Crippen LogP contribution in [0.3, 0.4) is 0 Å². The molecule has 1 amide bonds. The Bertz CT molecular complexity index is 890. The van der Waals surface area contributed by atoms with Gasteiger partial charge >= 0.3 is 5.69 Å². The van der Waals surface area contributed by atoms with E-state index in [1.165, 1.54) is 4.57 Å². The lowest BCUT2D eigenvalue weighted by Gasteiger charge is -2.13. The van der Waals surface area contributed by atoms with E-state index in [2.05, 4.69) is 5.32 Å². The SMILES string of the molecule is CC(CCc1ccco1)NC(=O)Cn1c(=O)n(C)c2ccccc21. The van der Waals surface area contributed by atoms with Crippen LogP contribution in [0.4, 0.5) is 0 Å². The van der Waals surface area contributed by atoms with Crippen LogP contribution in [0.5, 0.6) is 0 Å². The second-order valence-electron chi connectivity index (χ2n) is 6.00. The number of nitrogens with zero attached hydrogens (tertiary/aromatic N) is 2. The Hall–Kier alpha value is -2.76. The van der Waals surface area contributed by atoms with E-state index in [1.807, 2.05) is 43.3 Å². The fourth-order valence-electron chi connectivity index (χ4n) is 2.87. The smallest absolute Gasteiger partial charge is 0.329 e. The average Bonchev–Trinajstić information content (AvgIpc) is 3.17. The monoisotopic (exact) mass is 327 g/mol. The molecule has 0 aliphatic rings. The van der Waals surface area contributed by atoms with Gasteiger partial charge in [0, 0.05) is 19.5 Å². The van der Waals surface area contributed by atoms with Crippen molar-refractivity contribution in [3.8, 4) is 0 Å². The van der Waals surface area contributed by atoms with Gasteiger partial charge in [-0.1, -0.05) is 12.1 Å². The molecule has 6 nitrogen and oxygen atoms in total. The summed E-state index contributed by atoms with van der Waals surface area (Å²) < 4.78 is 8.35. The zero-order valence-corrected chi connectivity index (χ0v) is 13.9. The van der Waals surface area contributed by atoms with Crippen molar-refractivity contribution in [3.05, 3.63) is 58.9 Å². The Labute approximate surface area is 139 Å². The minimum Gasteiger partial charge on any atom is -0.469 e. The molecule has 2 aromatic heterocycles. The molecule has 1 aromatic carbocycles. The lowest BCUT2D eigenvalue weighted by atomic mass is 10.1. The highest BCUT2D eigenvalue weighted by atomic mass is 16.3. The van der Waals surface area contributed by atoms with Crippen LogP contribution >= 0.6 is 0 Å². The van der Waals surface area contributed by atoms with E-state index in [0.717, 1.165) is 29.6 Å². The van der Waals surface area contributed by atoms with Gasteiger partial charge in [0.25, 0.3) is 0 Å². The number of benzene rings is 1. The van der Waals surface area contributed by atoms with Gasteiger partial charge in [0.1, 0.15) is 12.3 Å². The number of rotatable bonds is 6. The molecule has 0 aliphatic heterocycles. The molecule has 126 valence electrons. The van der Waals surface area contributed by atoms with Gasteiger partial charge < -0.3 is 9.73 Å². The fraction of sp³-hybridized carbons (Fsp3) is 0.333. The van der Waals surface area contributed by atoms with Gasteiger partial charge in [-0.3, -0.25) is 13.9 Å². The third kappa shape index (κ3) is 3.27. The predicted octanol–water partition coefficient (Wildman–Crippen LogP) is 2.07. The van der Waals surface area contributed by atoms with Gasteiger partial charge in [-0.2, -0.15) is 0 Å². The zero-order valence-electron chi connectivity index (χ0n) is 13.9. The summed E-state index contributed by atoms with van der Waals surface area (Å²) in [7, 11) is 1.71. The van der Waals surface area contributed by atoms with E-state index in [4.69, 9.17) is 4.42 Å². The number of imidazole rings is 1. The highest BCUT2D eigenvalue weighted by Crippen LogP contribution is 2.11. The number of aromatic nitrogens is 2. The number of carbonyl (C=O) groups excluding carboxylic acids is 1. The van der Waals surface area contributed by atoms with Gasteiger partial charge in [0.15, 0.2) is 0 Å². The normalized spacial score (nSPS) is 12.4. The number of hydrogen-bond donors (Lipinski definition) is 1.